The van der Waals surface area contributed by atoms with Gasteiger partial charge in [-0.1, -0.05) is 36.4 Å². The Morgan fingerprint density at radius 2 is 1.78 bits per heavy atom. The van der Waals surface area contributed by atoms with Crippen LogP contribution in [0.1, 0.15) is 25.3 Å². The van der Waals surface area contributed by atoms with Crippen LogP contribution in [0.25, 0.3) is 0 Å². The van der Waals surface area contributed by atoms with Crippen molar-refractivity contribution in [2.75, 3.05) is 13.2 Å². The zero-order valence-electron chi connectivity index (χ0n) is 18.3. The topological polar surface area (TPSA) is 63.7 Å². The van der Waals surface area contributed by atoms with Gasteiger partial charge in [0.05, 0.1) is 0 Å². The van der Waals surface area contributed by atoms with Gasteiger partial charge >= 0.3 is 0 Å². The second-order valence-corrected chi connectivity index (χ2v) is 8.12. The Bertz CT molecular complexity index is 980. The molecule has 1 saturated heterocycles. The highest BCUT2D eigenvalue weighted by Crippen LogP contribution is 2.22. The van der Waals surface area contributed by atoms with Gasteiger partial charge in [-0.25, -0.2) is 4.98 Å². The first-order valence-electron chi connectivity index (χ1n) is 11.0. The molecule has 2 heterocycles. The van der Waals surface area contributed by atoms with Crippen LogP contribution in [0, 0.1) is 0 Å². The van der Waals surface area contributed by atoms with Gasteiger partial charge in [0.1, 0.15) is 11.5 Å². The molecule has 0 radical (unpaired) electrons. The highest BCUT2D eigenvalue weighted by atomic mass is 16.5. The average molecular weight is 432 g/mol. The number of amides is 1. The van der Waals surface area contributed by atoms with Gasteiger partial charge in [0, 0.05) is 37.4 Å². The number of piperidine rings is 1. The van der Waals surface area contributed by atoms with Crippen molar-refractivity contribution in [1.29, 1.82) is 0 Å². The molecule has 1 aromatic heterocycles. The van der Waals surface area contributed by atoms with Crippen molar-refractivity contribution in [3.8, 4) is 17.4 Å². The molecule has 6 nitrogen and oxygen atoms in total. The summed E-state index contributed by atoms with van der Waals surface area (Å²) in [4.78, 5) is 19.0. The predicted molar refractivity (Wildman–Crippen MR) is 124 cm³/mol. The number of likely N-dealkylation sites (tertiary alicyclic amines) is 1. The lowest BCUT2D eigenvalue weighted by atomic mass is 9.97. The average Bonchev–Trinajstić information content (AvgIpc) is 2.82. The van der Waals surface area contributed by atoms with Gasteiger partial charge in [0.25, 0.3) is 5.91 Å². The number of hydrogen-bond acceptors (Lipinski definition) is 5. The first-order chi connectivity index (χ1) is 15.7. The number of pyridine rings is 1. The quantitative estimate of drug-likeness (QED) is 0.572. The Morgan fingerprint density at radius 3 is 2.50 bits per heavy atom. The van der Waals surface area contributed by atoms with E-state index in [4.69, 9.17) is 9.47 Å². The molecule has 6 heteroatoms. The summed E-state index contributed by atoms with van der Waals surface area (Å²) in [5.74, 6) is 1.73. The normalized spacial score (nSPS) is 18.7. The maximum Gasteiger partial charge on any atom is 0.258 e. The lowest BCUT2D eigenvalue weighted by Crippen LogP contribution is -2.49. The molecule has 2 unspecified atom stereocenters. The van der Waals surface area contributed by atoms with E-state index in [1.807, 2.05) is 18.2 Å². The summed E-state index contributed by atoms with van der Waals surface area (Å²) in [7, 11) is 0. The second-order valence-electron chi connectivity index (χ2n) is 8.12. The molecule has 166 valence electrons. The minimum Gasteiger partial charge on any atom is -0.484 e. The van der Waals surface area contributed by atoms with E-state index in [0.29, 0.717) is 23.4 Å². The number of nitrogens with one attached hydrogen (secondary N) is 1. The van der Waals surface area contributed by atoms with E-state index in [2.05, 4.69) is 46.4 Å². The molecule has 4 rings (SSSR count). The predicted octanol–water partition coefficient (Wildman–Crippen LogP) is 4.42. The molecule has 1 fully saturated rings. The highest BCUT2D eigenvalue weighted by Gasteiger charge is 2.26. The van der Waals surface area contributed by atoms with E-state index in [1.54, 1.807) is 36.5 Å². The van der Waals surface area contributed by atoms with Crippen molar-refractivity contribution >= 4 is 5.91 Å². The molecule has 1 amide bonds. The van der Waals surface area contributed by atoms with Crippen molar-refractivity contribution in [3.63, 3.8) is 0 Å². The summed E-state index contributed by atoms with van der Waals surface area (Å²) < 4.78 is 11.3. The van der Waals surface area contributed by atoms with E-state index in [9.17, 15) is 4.79 Å². The first kappa shape index (κ1) is 21.8. The number of ether oxygens (including phenoxy) is 2. The number of benzene rings is 2. The second kappa shape index (κ2) is 10.8. The smallest absolute Gasteiger partial charge is 0.258 e. The largest absolute Gasteiger partial charge is 0.484 e. The number of rotatable bonds is 8. The van der Waals surface area contributed by atoms with Crippen molar-refractivity contribution in [2.24, 2.45) is 0 Å². The fraction of sp³-hybridized carbons (Fsp3) is 0.308. The lowest BCUT2D eigenvalue weighted by molar-refractivity contribution is -0.124. The molecule has 0 spiro atoms. The zero-order valence-corrected chi connectivity index (χ0v) is 18.3. The molecule has 2 atom stereocenters. The number of carbonyl (C=O) groups excluding carboxylic acids is 1. The van der Waals surface area contributed by atoms with Crippen LogP contribution in [-0.4, -0.2) is 41.0 Å². The van der Waals surface area contributed by atoms with E-state index in [-0.39, 0.29) is 18.6 Å². The van der Waals surface area contributed by atoms with E-state index in [1.165, 1.54) is 5.56 Å². The third-order valence-corrected chi connectivity index (χ3v) is 5.66. The summed E-state index contributed by atoms with van der Waals surface area (Å²) in [6, 6.07) is 23.8. The van der Waals surface area contributed by atoms with E-state index < -0.39 is 0 Å². The Balaban J connectivity index is 1.19. The molecule has 1 aliphatic heterocycles. The summed E-state index contributed by atoms with van der Waals surface area (Å²) in [5, 5.41) is 3.12. The van der Waals surface area contributed by atoms with Crippen molar-refractivity contribution < 1.29 is 14.3 Å². The van der Waals surface area contributed by atoms with Crippen molar-refractivity contribution in [3.05, 3.63) is 84.6 Å². The Morgan fingerprint density at radius 1 is 1.03 bits per heavy atom. The standard InChI is InChI=1S/C26H29N3O3/c1-20-17-22(14-16-29(20)18-21-7-3-2-4-8-21)28-25(30)19-31-23-10-12-24(13-11-23)32-26-9-5-6-15-27-26/h2-13,15,20,22H,14,16-19H2,1H3,(H,28,30). The van der Waals surface area contributed by atoms with Crippen molar-refractivity contribution in [2.45, 2.75) is 38.4 Å². The van der Waals surface area contributed by atoms with Crippen LogP contribution in [0.3, 0.4) is 0 Å². The molecular formula is C26H29N3O3. The number of aromatic nitrogens is 1. The first-order valence-corrected chi connectivity index (χ1v) is 11.0. The van der Waals surface area contributed by atoms with Crippen LogP contribution in [0.5, 0.6) is 17.4 Å². The van der Waals surface area contributed by atoms with Crippen LogP contribution in [-0.2, 0) is 11.3 Å². The zero-order chi connectivity index (χ0) is 22.2. The van der Waals surface area contributed by atoms with E-state index in [0.717, 1.165) is 25.9 Å². The maximum absolute atomic E-state index is 12.4. The van der Waals surface area contributed by atoms with Gasteiger partial charge in [-0.15, -0.1) is 0 Å². The van der Waals surface area contributed by atoms with Gasteiger partial charge in [-0.05, 0) is 55.7 Å². The molecule has 1 N–H and O–H groups in total. The van der Waals surface area contributed by atoms with Gasteiger partial charge in [0.15, 0.2) is 6.61 Å². The summed E-state index contributed by atoms with van der Waals surface area (Å²) in [5.41, 5.74) is 1.33. The minimum atomic E-state index is -0.0903. The molecule has 0 bridgehead atoms. The fourth-order valence-corrected chi connectivity index (χ4v) is 3.95. The van der Waals surface area contributed by atoms with Gasteiger partial charge < -0.3 is 14.8 Å². The maximum atomic E-state index is 12.4. The van der Waals surface area contributed by atoms with Crippen LogP contribution in [0.2, 0.25) is 0 Å². The third kappa shape index (κ3) is 6.31. The molecular weight excluding hydrogens is 402 g/mol. The number of nitrogens with zero attached hydrogens (tertiary/aromatic N) is 2. The van der Waals surface area contributed by atoms with E-state index >= 15 is 0 Å². The molecule has 32 heavy (non-hydrogen) atoms. The SMILES string of the molecule is CC1CC(NC(=O)COc2ccc(Oc3ccccn3)cc2)CCN1Cc1ccccc1. The van der Waals surface area contributed by atoms with Crippen LogP contribution in [0.4, 0.5) is 0 Å². The van der Waals surface area contributed by atoms with Crippen LogP contribution < -0.4 is 14.8 Å². The van der Waals surface area contributed by atoms with Gasteiger partial charge in [-0.2, -0.15) is 0 Å². The lowest BCUT2D eigenvalue weighted by Gasteiger charge is -2.38. The molecule has 1 aliphatic rings. The summed E-state index contributed by atoms with van der Waals surface area (Å²) >= 11 is 0. The Labute approximate surface area is 189 Å². The summed E-state index contributed by atoms with van der Waals surface area (Å²) in [6.07, 6.45) is 3.57. The number of hydrogen-bond donors (Lipinski definition) is 1. The van der Waals surface area contributed by atoms with Gasteiger partial charge in [0.2, 0.25) is 5.88 Å². The van der Waals surface area contributed by atoms with Gasteiger partial charge in [-0.3, -0.25) is 9.69 Å². The monoisotopic (exact) mass is 431 g/mol. The number of carbonyl (C=O) groups is 1. The summed E-state index contributed by atoms with van der Waals surface area (Å²) in [6.45, 7) is 4.15. The molecule has 2 aromatic carbocycles. The van der Waals surface area contributed by atoms with Crippen molar-refractivity contribution in [1.82, 2.24) is 15.2 Å². The molecule has 3 aromatic rings. The Kier molecular flexibility index (Phi) is 7.35. The minimum absolute atomic E-state index is 0.000937. The molecule has 0 aliphatic carbocycles. The Hall–Kier alpha value is -3.38. The third-order valence-electron chi connectivity index (χ3n) is 5.66. The molecule has 0 saturated carbocycles. The highest BCUT2D eigenvalue weighted by molar-refractivity contribution is 5.77. The fourth-order valence-electron chi connectivity index (χ4n) is 3.95. The van der Waals surface area contributed by atoms with Crippen LogP contribution in [0.15, 0.2) is 79.0 Å². The van der Waals surface area contributed by atoms with Crippen LogP contribution >= 0.6 is 0 Å².